The Morgan fingerprint density at radius 2 is 1.89 bits per heavy atom. The molecule has 0 saturated carbocycles. The predicted octanol–water partition coefficient (Wildman–Crippen LogP) is 0.379. The van der Waals surface area contributed by atoms with Gasteiger partial charge >= 0.3 is 0 Å². The summed E-state index contributed by atoms with van der Waals surface area (Å²) in [6.07, 6.45) is 2.85. The molecule has 3 heterocycles. The Labute approximate surface area is 56.0 Å². The highest BCUT2D eigenvalue weighted by Gasteiger charge is 2.24. The van der Waals surface area contributed by atoms with Crippen molar-refractivity contribution in [3.8, 4) is 0 Å². The van der Waals surface area contributed by atoms with Gasteiger partial charge in [0.2, 0.25) is 0 Å². The van der Waals surface area contributed by atoms with E-state index in [4.69, 9.17) is 0 Å². The van der Waals surface area contributed by atoms with Gasteiger partial charge in [0, 0.05) is 19.6 Å². The van der Waals surface area contributed by atoms with E-state index < -0.39 is 0 Å². The Balaban J connectivity index is 0.000000405. The van der Waals surface area contributed by atoms with Crippen LogP contribution in [0.5, 0.6) is 0 Å². The molecule has 0 spiro atoms. The number of nitrogens with zero attached hydrogens (tertiary/aromatic N) is 1. The number of hydrogen-bond acceptors (Lipinski definition) is 3. The maximum atomic E-state index is 3.35. The molecule has 54 valence electrons. The Morgan fingerprint density at radius 1 is 1.22 bits per heavy atom. The lowest BCUT2D eigenvalue weighted by atomic mass is 9.96. The zero-order valence-electron chi connectivity index (χ0n) is 5.77. The first-order chi connectivity index (χ1) is 3.95. The number of rotatable bonds is 0. The van der Waals surface area contributed by atoms with Gasteiger partial charge in [-0.3, -0.25) is 5.43 Å². The fraction of sp³-hybridized carbons (Fsp3) is 1.00. The van der Waals surface area contributed by atoms with Crippen LogP contribution >= 0.6 is 0 Å². The summed E-state index contributed by atoms with van der Waals surface area (Å²) in [5.74, 6) is 1.000. The molecule has 3 nitrogen and oxygen atoms in total. The SMILES string of the molecule is C1CN2CCC1CN2.N. The third kappa shape index (κ3) is 1.23. The molecule has 3 saturated heterocycles. The van der Waals surface area contributed by atoms with E-state index in [9.17, 15) is 0 Å². The van der Waals surface area contributed by atoms with Gasteiger partial charge in [0.25, 0.3) is 0 Å². The van der Waals surface area contributed by atoms with Crippen LogP contribution in [0.25, 0.3) is 0 Å². The molecule has 4 N–H and O–H groups in total. The van der Waals surface area contributed by atoms with E-state index in [1.807, 2.05) is 0 Å². The van der Waals surface area contributed by atoms with Gasteiger partial charge in [0.05, 0.1) is 0 Å². The van der Waals surface area contributed by atoms with Crippen LogP contribution in [0.2, 0.25) is 0 Å². The number of nitrogens with one attached hydrogen (secondary N) is 1. The maximum absolute atomic E-state index is 3.35. The lowest BCUT2D eigenvalue weighted by Gasteiger charge is -2.39. The van der Waals surface area contributed by atoms with Crippen LogP contribution in [0.1, 0.15) is 12.8 Å². The lowest BCUT2D eigenvalue weighted by molar-refractivity contribution is 0.0572. The summed E-state index contributed by atoms with van der Waals surface area (Å²) < 4.78 is 0. The number of hydrogen-bond donors (Lipinski definition) is 2. The first-order valence-corrected chi connectivity index (χ1v) is 3.43. The van der Waals surface area contributed by atoms with Crippen LogP contribution in [0, 0.1) is 5.92 Å². The average Bonchev–Trinajstić information content (AvgIpc) is 1.92. The molecule has 3 rings (SSSR count). The quantitative estimate of drug-likeness (QED) is 0.497. The highest BCUT2D eigenvalue weighted by atomic mass is 15.5. The second-order valence-corrected chi connectivity index (χ2v) is 2.79. The molecule has 0 atom stereocenters. The summed E-state index contributed by atoms with van der Waals surface area (Å²) in [5.41, 5.74) is 3.35. The van der Waals surface area contributed by atoms with Crippen LogP contribution in [0.3, 0.4) is 0 Å². The van der Waals surface area contributed by atoms with E-state index in [0.29, 0.717) is 0 Å². The molecule has 0 amide bonds. The first-order valence-electron chi connectivity index (χ1n) is 3.43. The van der Waals surface area contributed by atoms with E-state index in [-0.39, 0.29) is 6.15 Å². The summed E-state index contributed by atoms with van der Waals surface area (Å²) in [4.78, 5) is 0. The first kappa shape index (κ1) is 6.99. The van der Waals surface area contributed by atoms with Crippen molar-refractivity contribution >= 4 is 0 Å². The van der Waals surface area contributed by atoms with Gasteiger partial charge in [0.15, 0.2) is 0 Å². The largest absolute Gasteiger partial charge is 0.344 e. The molecule has 3 aliphatic rings. The van der Waals surface area contributed by atoms with E-state index >= 15 is 0 Å². The van der Waals surface area contributed by atoms with Crippen LogP contribution < -0.4 is 11.6 Å². The zero-order valence-corrected chi connectivity index (χ0v) is 5.77. The molecule has 0 radical (unpaired) electrons. The Hall–Kier alpha value is -0.120. The van der Waals surface area contributed by atoms with Gasteiger partial charge in [-0.15, -0.1) is 0 Å². The molecule has 2 bridgehead atoms. The van der Waals surface area contributed by atoms with Crippen molar-refractivity contribution in [2.45, 2.75) is 12.8 Å². The molecular formula is C6H15N3. The third-order valence-electron chi connectivity index (χ3n) is 2.22. The topological polar surface area (TPSA) is 50.3 Å². The molecule has 3 heteroatoms. The summed E-state index contributed by atoms with van der Waals surface area (Å²) >= 11 is 0. The van der Waals surface area contributed by atoms with E-state index in [1.165, 1.54) is 32.5 Å². The fourth-order valence-corrected chi connectivity index (χ4v) is 1.55. The zero-order chi connectivity index (χ0) is 5.40. The summed E-state index contributed by atoms with van der Waals surface area (Å²) in [6.45, 7) is 3.80. The van der Waals surface area contributed by atoms with Crippen molar-refractivity contribution in [1.29, 1.82) is 0 Å². The molecule has 3 aliphatic heterocycles. The van der Waals surface area contributed by atoms with Crippen molar-refractivity contribution < 1.29 is 0 Å². The molecule has 0 aromatic carbocycles. The second-order valence-electron chi connectivity index (χ2n) is 2.79. The molecule has 9 heavy (non-hydrogen) atoms. The van der Waals surface area contributed by atoms with E-state index in [1.54, 1.807) is 0 Å². The van der Waals surface area contributed by atoms with Crippen molar-refractivity contribution in [1.82, 2.24) is 16.6 Å². The number of hydrazine groups is 1. The monoisotopic (exact) mass is 129 g/mol. The van der Waals surface area contributed by atoms with Crippen molar-refractivity contribution in [3.05, 3.63) is 0 Å². The van der Waals surface area contributed by atoms with Crippen molar-refractivity contribution in [2.75, 3.05) is 19.6 Å². The average molecular weight is 129 g/mol. The van der Waals surface area contributed by atoms with Gasteiger partial charge in [-0.2, -0.15) is 0 Å². The van der Waals surface area contributed by atoms with E-state index in [2.05, 4.69) is 10.4 Å². The fourth-order valence-electron chi connectivity index (χ4n) is 1.55. The van der Waals surface area contributed by atoms with E-state index in [0.717, 1.165) is 5.92 Å². The maximum Gasteiger partial charge on any atom is 0.0134 e. The smallest absolute Gasteiger partial charge is 0.0134 e. The van der Waals surface area contributed by atoms with Crippen LogP contribution in [-0.2, 0) is 0 Å². The molecular weight excluding hydrogens is 114 g/mol. The molecule has 3 fully saturated rings. The number of fused-ring (bicyclic) bond motifs is 3. The predicted molar refractivity (Wildman–Crippen MR) is 37.3 cm³/mol. The molecule has 0 aromatic rings. The Kier molecular flexibility index (Phi) is 2.05. The van der Waals surface area contributed by atoms with Crippen LogP contribution in [-0.4, -0.2) is 24.6 Å². The van der Waals surface area contributed by atoms with Gasteiger partial charge in [-0.25, -0.2) is 5.01 Å². The normalized spacial score (nSPS) is 40.0. The van der Waals surface area contributed by atoms with Gasteiger partial charge < -0.3 is 6.15 Å². The summed E-state index contributed by atoms with van der Waals surface area (Å²) in [6, 6.07) is 0. The van der Waals surface area contributed by atoms with Crippen molar-refractivity contribution in [3.63, 3.8) is 0 Å². The molecule has 0 aliphatic carbocycles. The molecule has 0 aromatic heterocycles. The highest BCUT2D eigenvalue weighted by Crippen LogP contribution is 2.19. The Morgan fingerprint density at radius 3 is 2.00 bits per heavy atom. The van der Waals surface area contributed by atoms with Gasteiger partial charge in [-0.05, 0) is 18.8 Å². The minimum atomic E-state index is 0. The van der Waals surface area contributed by atoms with Crippen molar-refractivity contribution in [2.24, 2.45) is 5.92 Å². The molecule has 0 unspecified atom stereocenters. The van der Waals surface area contributed by atoms with Crippen LogP contribution in [0.15, 0.2) is 0 Å². The highest BCUT2D eigenvalue weighted by molar-refractivity contribution is 4.76. The minimum absolute atomic E-state index is 0. The van der Waals surface area contributed by atoms with Gasteiger partial charge in [-0.1, -0.05) is 0 Å². The summed E-state index contributed by atoms with van der Waals surface area (Å²) in [5, 5.41) is 2.33. The standard InChI is InChI=1S/C6H12N2.H3N/c1-3-8-4-2-6(1)5-7-8;/h6-7H,1-5H2;1H3. The summed E-state index contributed by atoms with van der Waals surface area (Å²) in [7, 11) is 0. The van der Waals surface area contributed by atoms with Gasteiger partial charge in [0.1, 0.15) is 0 Å². The van der Waals surface area contributed by atoms with Crippen LogP contribution in [0.4, 0.5) is 0 Å². The third-order valence-corrected chi connectivity index (χ3v) is 2.22. The lowest BCUT2D eigenvalue weighted by Crippen LogP contribution is -2.52. The number of piperidine rings is 1. The second kappa shape index (κ2) is 2.64. The Bertz CT molecular complexity index is 63.3. The minimum Gasteiger partial charge on any atom is -0.344 e.